The van der Waals surface area contributed by atoms with Crippen molar-refractivity contribution in [1.29, 1.82) is 0 Å². The van der Waals surface area contributed by atoms with Crippen LogP contribution in [0.15, 0.2) is 28.2 Å². The van der Waals surface area contributed by atoms with Gasteiger partial charge in [-0.15, -0.1) is 11.3 Å². The number of aryl methyl sites for hydroxylation is 2. The van der Waals surface area contributed by atoms with Crippen LogP contribution in [-0.4, -0.2) is 20.7 Å². The summed E-state index contributed by atoms with van der Waals surface area (Å²) in [4.78, 5) is 31.9. The molecule has 154 valence electrons. The van der Waals surface area contributed by atoms with Gasteiger partial charge in [-0.1, -0.05) is 41.0 Å². The Balaban J connectivity index is 1.79. The summed E-state index contributed by atoms with van der Waals surface area (Å²) in [5.74, 6) is -0.165. The number of fused-ring (bicyclic) bond motifs is 1. The van der Waals surface area contributed by atoms with E-state index in [4.69, 9.17) is 23.2 Å². The van der Waals surface area contributed by atoms with E-state index < -0.39 is 5.25 Å². The molecule has 0 aliphatic heterocycles. The number of carbonyl (C=O) groups excluding carboxylic acids is 1. The molecule has 2 heterocycles. The zero-order valence-electron chi connectivity index (χ0n) is 16.7. The molecule has 1 amide bonds. The molecule has 3 rings (SSSR count). The second-order valence-electron chi connectivity index (χ2n) is 6.88. The second kappa shape index (κ2) is 8.68. The Hall–Kier alpha value is -1.54. The maximum absolute atomic E-state index is 12.8. The number of rotatable bonds is 5. The lowest BCUT2D eigenvalue weighted by Crippen LogP contribution is -2.33. The number of hydrogen-bond donors (Lipinski definition) is 1. The number of thiophene rings is 1. The summed E-state index contributed by atoms with van der Waals surface area (Å²) < 4.78 is 1.51. The van der Waals surface area contributed by atoms with E-state index in [2.05, 4.69) is 10.3 Å². The number of nitrogens with one attached hydrogen (secondary N) is 1. The second-order valence-corrected chi connectivity index (χ2v) is 10.2. The van der Waals surface area contributed by atoms with Gasteiger partial charge in [-0.2, -0.15) is 0 Å². The summed E-state index contributed by atoms with van der Waals surface area (Å²) in [6.07, 6.45) is 0. The Morgan fingerprint density at radius 3 is 2.62 bits per heavy atom. The summed E-state index contributed by atoms with van der Waals surface area (Å²) in [7, 11) is 1.68. The zero-order chi connectivity index (χ0) is 21.5. The smallest absolute Gasteiger partial charge is 0.262 e. The molecule has 0 bridgehead atoms. The molecule has 0 saturated carbocycles. The van der Waals surface area contributed by atoms with E-state index in [0.717, 1.165) is 16.0 Å². The summed E-state index contributed by atoms with van der Waals surface area (Å²) >= 11 is 14.9. The molecule has 1 N–H and O–H groups in total. The van der Waals surface area contributed by atoms with Gasteiger partial charge in [0, 0.05) is 22.0 Å². The molecule has 0 fully saturated rings. The van der Waals surface area contributed by atoms with Crippen LogP contribution in [0.2, 0.25) is 10.0 Å². The lowest BCUT2D eigenvalue weighted by molar-refractivity contribution is -0.120. The Morgan fingerprint density at radius 2 is 1.97 bits per heavy atom. The average Bonchev–Trinajstić information content (AvgIpc) is 2.93. The Morgan fingerprint density at radius 1 is 1.28 bits per heavy atom. The molecule has 2 unspecified atom stereocenters. The van der Waals surface area contributed by atoms with Crippen molar-refractivity contribution in [3.63, 3.8) is 0 Å². The predicted octanol–water partition coefficient (Wildman–Crippen LogP) is 5.28. The van der Waals surface area contributed by atoms with Gasteiger partial charge in [-0.25, -0.2) is 4.98 Å². The number of nitrogens with zero attached hydrogens (tertiary/aromatic N) is 2. The number of aromatic nitrogens is 2. The maximum Gasteiger partial charge on any atom is 0.262 e. The molecule has 0 spiro atoms. The van der Waals surface area contributed by atoms with Gasteiger partial charge in [0.1, 0.15) is 4.83 Å². The molecule has 2 aromatic heterocycles. The minimum atomic E-state index is -0.443. The number of thioether (sulfide) groups is 1. The van der Waals surface area contributed by atoms with E-state index in [1.807, 2.05) is 20.8 Å². The van der Waals surface area contributed by atoms with E-state index in [9.17, 15) is 9.59 Å². The first-order valence-corrected chi connectivity index (χ1v) is 11.4. The maximum atomic E-state index is 12.8. The molecular weight excluding hydrogens is 449 g/mol. The van der Waals surface area contributed by atoms with Gasteiger partial charge in [-0.3, -0.25) is 14.2 Å². The molecule has 0 saturated heterocycles. The third-order valence-electron chi connectivity index (χ3n) is 4.81. The number of amides is 1. The van der Waals surface area contributed by atoms with Crippen molar-refractivity contribution in [3.05, 3.63) is 54.6 Å². The largest absolute Gasteiger partial charge is 0.349 e. The van der Waals surface area contributed by atoms with E-state index in [-0.39, 0.29) is 17.5 Å². The van der Waals surface area contributed by atoms with Crippen LogP contribution in [0.4, 0.5) is 0 Å². The molecule has 5 nitrogen and oxygen atoms in total. The van der Waals surface area contributed by atoms with Crippen LogP contribution < -0.4 is 10.9 Å². The minimum Gasteiger partial charge on any atom is -0.349 e. The summed E-state index contributed by atoms with van der Waals surface area (Å²) in [6.45, 7) is 7.57. The third-order valence-corrected chi connectivity index (χ3v) is 7.62. The molecular formula is C20H21Cl2N3O2S2. The monoisotopic (exact) mass is 469 g/mol. The molecule has 0 radical (unpaired) electrons. The van der Waals surface area contributed by atoms with Gasteiger partial charge in [-0.05, 0) is 51.0 Å². The van der Waals surface area contributed by atoms with Crippen molar-refractivity contribution in [2.75, 3.05) is 0 Å². The quantitative estimate of drug-likeness (QED) is 0.407. The standard InChI is InChI=1S/C20H21Cl2N3O2S2/c1-9-11(3)28-18-16(9)19(27)25(5)20(24-18)29-12(4)17(26)23-10(2)14-7-6-13(21)8-15(14)22/h6-8,10,12H,1-5H3,(H,23,26). The highest BCUT2D eigenvalue weighted by molar-refractivity contribution is 8.00. The van der Waals surface area contributed by atoms with Gasteiger partial charge in [0.05, 0.1) is 16.7 Å². The average molecular weight is 470 g/mol. The highest BCUT2D eigenvalue weighted by Crippen LogP contribution is 2.30. The van der Waals surface area contributed by atoms with Crippen molar-refractivity contribution in [2.45, 2.75) is 44.1 Å². The topological polar surface area (TPSA) is 64.0 Å². The fourth-order valence-corrected chi connectivity index (χ4v) is 5.46. The van der Waals surface area contributed by atoms with Crippen LogP contribution in [0.1, 0.15) is 35.9 Å². The van der Waals surface area contributed by atoms with Gasteiger partial charge >= 0.3 is 0 Å². The van der Waals surface area contributed by atoms with Crippen molar-refractivity contribution >= 4 is 62.4 Å². The van der Waals surface area contributed by atoms with Crippen LogP contribution in [0, 0.1) is 13.8 Å². The Bertz CT molecular complexity index is 1160. The SMILES string of the molecule is Cc1sc2nc(SC(C)C(=O)NC(C)c3ccc(Cl)cc3Cl)n(C)c(=O)c2c1C. The first-order chi connectivity index (χ1) is 13.6. The number of halogens is 2. The number of hydrogen-bond acceptors (Lipinski definition) is 5. The van der Waals surface area contributed by atoms with Gasteiger partial charge < -0.3 is 5.32 Å². The van der Waals surface area contributed by atoms with Crippen LogP contribution in [-0.2, 0) is 11.8 Å². The van der Waals surface area contributed by atoms with Crippen LogP contribution in [0.3, 0.4) is 0 Å². The fraction of sp³-hybridized carbons (Fsp3) is 0.350. The van der Waals surface area contributed by atoms with Gasteiger partial charge in [0.15, 0.2) is 5.16 Å². The normalized spacial score (nSPS) is 13.5. The van der Waals surface area contributed by atoms with E-state index in [1.165, 1.54) is 27.7 Å². The molecule has 29 heavy (non-hydrogen) atoms. The van der Waals surface area contributed by atoms with Gasteiger partial charge in [0.25, 0.3) is 5.56 Å². The summed E-state index contributed by atoms with van der Waals surface area (Å²) in [6, 6.07) is 4.91. The lowest BCUT2D eigenvalue weighted by Gasteiger charge is -2.19. The summed E-state index contributed by atoms with van der Waals surface area (Å²) in [5, 5.41) is 4.74. The number of carbonyl (C=O) groups is 1. The highest BCUT2D eigenvalue weighted by Gasteiger charge is 2.22. The zero-order valence-corrected chi connectivity index (χ0v) is 19.8. The number of benzene rings is 1. The van der Waals surface area contributed by atoms with Crippen LogP contribution in [0.25, 0.3) is 10.2 Å². The molecule has 0 aliphatic carbocycles. The van der Waals surface area contributed by atoms with Crippen molar-refractivity contribution in [1.82, 2.24) is 14.9 Å². The lowest BCUT2D eigenvalue weighted by atomic mass is 10.1. The van der Waals surface area contributed by atoms with E-state index >= 15 is 0 Å². The minimum absolute atomic E-state index is 0.0896. The fourth-order valence-electron chi connectivity index (χ4n) is 2.93. The predicted molar refractivity (Wildman–Crippen MR) is 123 cm³/mol. The van der Waals surface area contributed by atoms with Crippen molar-refractivity contribution < 1.29 is 4.79 Å². The first-order valence-electron chi connectivity index (χ1n) is 8.98. The van der Waals surface area contributed by atoms with E-state index in [0.29, 0.717) is 25.4 Å². The first kappa shape index (κ1) is 22.2. The van der Waals surface area contributed by atoms with Crippen LogP contribution in [0.5, 0.6) is 0 Å². The highest BCUT2D eigenvalue weighted by atomic mass is 35.5. The molecule has 9 heteroatoms. The van der Waals surface area contributed by atoms with Gasteiger partial charge in [0.2, 0.25) is 5.91 Å². The molecule has 0 aliphatic rings. The molecule has 3 aromatic rings. The van der Waals surface area contributed by atoms with E-state index in [1.54, 1.807) is 32.2 Å². The summed E-state index contributed by atoms with van der Waals surface area (Å²) in [5.41, 5.74) is 1.67. The third kappa shape index (κ3) is 4.48. The Labute approximate surface area is 187 Å². The Kier molecular flexibility index (Phi) is 6.63. The van der Waals surface area contributed by atoms with Crippen LogP contribution >= 0.6 is 46.3 Å². The van der Waals surface area contributed by atoms with Crippen molar-refractivity contribution in [3.8, 4) is 0 Å². The van der Waals surface area contributed by atoms with Crippen molar-refractivity contribution in [2.24, 2.45) is 7.05 Å². The molecule has 2 atom stereocenters. The molecule has 1 aromatic carbocycles.